The molecule has 1 atom stereocenters. The molecule has 3 rings (SSSR count). The first-order valence-corrected chi connectivity index (χ1v) is 7.28. The number of nitrogens with zero attached hydrogens (tertiary/aromatic N) is 2. The zero-order valence-electron chi connectivity index (χ0n) is 11.6. The van der Waals surface area contributed by atoms with Gasteiger partial charge in [-0.2, -0.15) is 0 Å². The fourth-order valence-electron chi connectivity index (χ4n) is 2.91. The Kier molecular flexibility index (Phi) is 3.78. The summed E-state index contributed by atoms with van der Waals surface area (Å²) < 4.78 is 5.72. The Bertz CT molecular complexity index is 486. The Morgan fingerprint density at radius 2 is 2.10 bits per heavy atom. The molecular weight excluding hydrogens is 254 g/mol. The summed E-state index contributed by atoms with van der Waals surface area (Å²) in [6, 6.07) is 7.56. The van der Waals surface area contributed by atoms with E-state index in [9.17, 15) is 4.79 Å². The maximum absolute atomic E-state index is 12.5. The number of ether oxygens (including phenoxy) is 1. The monoisotopic (exact) mass is 275 g/mol. The molecule has 1 unspecified atom stereocenters. The largest absolute Gasteiger partial charge is 0.397 e. The average Bonchev–Trinajstić information content (AvgIpc) is 2.82. The van der Waals surface area contributed by atoms with Crippen molar-refractivity contribution in [2.75, 3.05) is 36.9 Å². The summed E-state index contributed by atoms with van der Waals surface area (Å²) in [6.07, 6.45) is 3.58. The van der Waals surface area contributed by atoms with Crippen LogP contribution in [0.25, 0.3) is 0 Å². The van der Waals surface area contributed by atoms with Crippen molar-refractivity contribution in [3.63, 3.8) is 0 Å². The third-order valence-corrected chi connectivity index (χ3v) is 4.02. The lowest BCUT2D eigenvalue weighted by atomic mass is 10.1. The minimum absolute atomic E-state index is 0.0390. The van der Waals surface area contributed by atoms with E-state index in [1.54, 1.807) is 4.90 Å². The van der Waals surface area contributed by atoms with E-state index in [4.69, 9.17) is 10.5 Å². The fourth-order valence-corrected chi connectivity index (χ4v) is 2.91. The van der Waals surface area contributed by atoms with Gasteiger partial charge >= 0.3 is 6.03 Å². The van der Waals surface area contributed by atoms with Gasteiger partial charge in [-0.05, 0) is 31.4 Å². The first-order chi connectivity index (χ1) is 9.75. The molecule has 2 heterocycles. The van der Waals surface area contributed by atoms with Crippen LogP contribution in [0.15, 0.2) is 24.3 Å². The highest BCUT2D eigenvalue weighted by Gasteiger charge is 2.32. The predicted octanol–water partition coefficient (Wildman–Crippen LogP) is 2.08. The summed E-state index contributed by atoms with van der Waals surface area (Å²) in [7, 11) is 0. The maximum Gasteiger partial charge on any atom is 0.324 e. The number of carbonyl (C=O) groups is 1. The molecule has 2 N–H and O–H groups in total. The van der Waals surface area contributed by atoms with Gasteiger partial charge in [0.25, 0.3) is 0 Å². The average molecular weight is 275 g/mol. The second-order valence-corrected chi connectivity index (χ2v) is 5.43. The normalized spacial score (nSPS) is 23.4. The van der Waals surface area contributed by atoms with Gasteiger partial charge in [-0.15, -0.1) is 0 Å². The second kappa shape index (κ2) is 5.71. The lowest BCUT2D eigenvalue weighted by Gasteiger charge is -2.27. The van der Waals surface area contributed by atoms with Gasteiger partial charge in [-0.3, -0.25) is 4.90 Å². The van der Waals surface area contributed by atoms with Gasteiger partial charge in [0.05, 0.1) is 17.5 Å². The number of anilines is 2. The van der Waals surface area contributed by atoms with Crippen molar-refractivity contribution in [2.24, 2.45) is 0 Å². The van der Waals surface area contributed by atoms with E-state index in [1.807, 2.05) is 29.2 Å². The zero-order valence-corrected chi connectivity index (χ0v) is 11.6. The van der Waals surface area contributed by atoms with Crippen LogP contribution in [0.1, 0.15) is 19.3 Å². The number of hydrogen-bond acceptors (Lipinski definition) is 3. The molecule has 2 aliphatic heterocycles. The van der Waals surface area contributed by atoms with Crippen LogP contribution in [-0.2, 0) is 4.74 Å². The summed E-state index contributed by atoms with van der Waals surface area (Å²) in [5.74, 6) is 0. The number of amides is 2. The second-order valence-electron chi connectivity index (χ2n) is 5.43. The Labute approximate surface area is 119 Å². The number of carbonyl (C=O) groups excluding carboxylic acids is 1. The molecular formula is C15H21N3O2. The minimum atomic E-state index is 0.0390. The molecule has 1 aromatic carbocycles. The fraction of sp³-hybridized carbons (Fsp3) is 0.533. The zero-order chi connectivity index (χ0) is 13.9. The van der Waals surface area contributed by atoms with Gasteiger partial charge in [-0.25, -0.2) is 4.79 Å². The standard InChI is InChI=1S/C15H21N3O2/c16-13-6-1-2-7-14(13)18-9-8-17(15(18)19)11-12-5-3-4-10-20-12/h1-2,6-7,12H,3-5,8-11,16H2. The van der Waals surface area contributed by atoms with Gasteiger partial charge in [-0.1, -0.05) is 12.1 Å². The molecule has 1 aromatic rings. The lowest BCUT2D eigenvalue weighted by molar-refractivity contribution is 0.00338. The van der Waals surface area contributed by atoms with Crippen molar-refractivity contribution < 1.29 is 9.53 Å². The molecule has 0 spiro atoms. The van der Waals surface area contributed by atoms with Crippen molar-refractivity contribution in [3.05, 3.63) is 24.3 Å². The number of rotatable bonds is 3. The number of hydrogen-bond donors (Lipinski definition) is 1. The molecule has 0 bridgehead atoms. The third-order valence-electron chi connectivity index (χ3n) is 4.02. The highest BCUT2D eigenvalue weighted by molar-refractivity contribution is 5.97. The summed E-state index contributed by atoms with van der Waals surface area (Å²) in [4.78, 5) is 16.1. The Hall–Kier alpha value is -1.75. The minimum Gasteiger partial charge on any atom is -0.397 e. The summed E-state index contributed by atoms with van der Waals surface area (Å²) >= 11 is 0. The Balaban J connectivity index is 1.66. The Morgan fingerprint density at radius 3 is 2.85 bits per heavy atom. The van der Waals surface area contributed by atoms with Crippen LogP contribution < -0.4 is 10.6 Å². The molecule has 108 valence electrons. The molecule has 0 aliphatic carbocycles. The smallest absolute Gasteiger partial charge is 0.324 e. The number of benzene rings is 1. The van der Waals surface area contributed by atoms with Crippen LogP contribution in [0, 0.1) is 0 Å². The van der Waals surface area contributed by atoms with E-state index < -0.39 is 0 Å². The van der Waals surface area contributed by atoms with Gasteiger partial charge in [0.2, 0.25) is 0 Å². The number of nitrogen functional groups attached to an aromatic ring is 1. The number of urea groups is 1. The van der Waals surface area contributed by atoms with Gasteiger partial charge in [0.15, 0.2) is 0 Å². The highest BCUT2D eigenvalue weighted by atomic mass is 16.5. The molecule has 5 heteroatoms. The van der Waals surface area contributed by atoms with Gasteiger partial charge < -0.3 is 15.4 Å². The van der Waals surface area contributed by atoms with Crippen molar-refractivity contribution in [1.29, 1.82) is 0 Å². The Morgan fingerprint density at radius 1 is 1.25 bits per heavy atom. The topological polar surface area (TPSA) is 58.8 Å². The van der Waals surface area contributed by atoms with Gasteiger partial charge in [0, 0.05) is 26.2 Å². The van der Waals surface area contributed by atoms with E-state index in [1.165, 1.54) is 6.42 Å². The lowest BCUT2D eigenvalue weighted by Crippen LogP contribution is -2.39. The van der Waals surface area contributed by atoms with E-state index in [0.29, 0.717) is 18.8 Å². The predicted molar refractivity (Wildman–Crippen MR) is 78.8 cm³/mol. The van der Waals surface area contributed by atoms with Crippen molar-refractivity contribution >= 4 is 17.4 Å². The first-order valence-electron chi connectivity index (χ1n) is 7.28. The quantitative estimate of drug-likeness (QED) is 0.859. The molecule has 5 nitrogen and oxygen atoms in total. The highest BCUT2D eigenvalue weighted by Crippen LogP contribution is 2.27. The van der Waals surface area contributed by atoms with Crippen LogP contribution in [0.4, 0.5) is 16.2 Å². The number of para-hydroxylation sites is 2. The van der Waals surface area contributed by atoms with Crippen LogP contribution in [0.3, 0.4) is 0 Å². The maximum atomic E-state index is 12.5. The van der Waals surface area contributed by atoms with Crippen LogP contribution in [-0.4, -0.2) is 43.3 Å². The number of nitrogens with two attached hydrogens (primary N) is 1. The van der Waals surface area contributed by atoms with E-state index in [2.05, 4.69) is 0 Å². The first kappa shape index (κ1) is 13.2. The molecule has 2 aliphatic rings. The summed E-state index contributed by atoms with van der Waals surface area (Å²) in [5.41, 5.74) is 7.41. The van der Waals surface area contributed by atoms with Crippen LogP contribution >= 0.6 is 0 Å². The molecule has 20 heavy (non-hydrogen) atoms. The molecule has 0 radical (unpaired) electrons. The van der Waals surface area contributed by atoms with Crippen molar-refractivity contribution in [2.45, 2.75) is 25.4 Å². The van der Waals surface area contributed by atoms with Crippen LogP contribution in [0.5, 0.6) is 0 Å². The van der Waals surface area contributed by atoms with E-state index in [-0.39, 0.29) is 12.1 Å². The third kappa shape index (κ3) is 2.58. The summed E-state index contributed by atoms with van der Waals surface area (Å²) in [5, 5.41) is 0. The van der Waals surface area contributed by atoms with Crippen molar-refractivity contribution in [3.8, 4) is 0 Å². The molecule has 2 saturated heterocycles. The SMILES string of the molecule is Nc1ccccc1N1CCN(CC2CCCCO2)C1=O. The molecule has 2 amide bonds. The van der Waals surface area contributed by atoms with Crippen molar-refractivity contribution in [1.82, 2.24) is 4.90 Å². The van der Waals surface area contributed by atoms with Gasteiger partial charge in [0.1, 0.15) is 0 Å². The molecule has 2 fully saturated rings. The van der Waals surface area contributed by atoms with E-state index in [0.717, 1.165) is 31.7 Å². The van der Waals surface area contributed by atoms with Crippen LogP contribution in [0.2, 0.25) is 0 Å². The molecule has 0 aromatic heterocycles. The molecule has 0 saturated carbocycles. The summed E-state index contributed by atoms with van der Waals surface area (Å²) in [6.45, 7) is 2.96. The van der Waals surface area contributed by atoms with E-state index >= 15 is 0 Å².